The fourth-order valence-corrected chi connectivity index (χ4v) is 2.83. The Morgan fingerprint density at radius 3 is 2.44 bits per heavy atom. The summed E-state index contributed by atoms with van der Waals surface area (Å²) < 4.78 is 10.5. The highest BCUT2D eigenvalue weighted by Crippen LogP contribution is 2.26. The number of carbonyl (C=O) groups excluding carboxylic acids is 1. The summed E-state index contributed by atoms with van der Waals surface area (Å²) in [5, 5.41) is 3.78. The third-order valence-corrected chi connectivity index (χ3v) is 4.15. The van der Waals surface area contributed by atoms with Crippen LogP contribution in [0.15, 0.2) is 42.7 Å². The molecular formula is C20H22N4O3. The number of hydrogen-bond donors (Lipinski definition) is 1. The van der Waals surface area contributed by atoms with Gasteiger partial charge in [0.25, 0.3) is 0 Å². The lowest BCUT2D eigenvalue weighted by Gasteiger charge is -2.19. The summed E-state index contributed by atoms with van der Waals surface area (Å²) in [7, 11) is 4.96. The lowest BCUT2D eigenvalue weighted by atomic mass is 10.1. The van der Waals surface area contributed by atoms with Gasteiger partial charge in [-0.25, -0.2) is 9.97 Å². The zero-order chi connectivity index (χ0) is 19.4. The Bertz CT molecular complexity index is 952. The Morgan fingerprint density at radius 2 is 1.78 bits per heavy atom. The van der Waals surface area contributed by atoms with Crippen molar-refractivity contribution in [2.45, 2.75) is 6.92 Å². The molecule has 7 heteroatoms. The number of ether oxygens (including phenoxy) is 2. The van der Waals surface area contributed by atoms with Crippen molar-refractivity contribution in [2.24, 2.45) is 0 Å². The highest BCUT2D eigenvalue weighted by Gasteiger charge is 2.13. The SMILES string of the molecule is COc1cc(NC(=O)CN(C)c2ncnc3ccc(C)cc23)cc(OC)c1. The molecule has 1 N–H and O–H groups in total. The number of nitrogens with one attached hydrogen (secondary N) is 1. The van der Waals surface area contributed by atoms with Gasteiger partial charge in [0.1, 0.15) is 23.6 Å². The minimum atomic E-state index is -0.174. The topological polar surface area (TPSA) is 76.6 Å². The molecule has 0 radical (unpaired) electrons. The molecule has 27 heavy (non-hydrogen) atoms. The van der Waals surface area contributed by atoms with E-state index in [0.717, 1.165) is 16.5 Å². The fourth-order valence-electron chi connectivity index (χ4n) is 2.83. The van der Waals surface area contributed by atoms with Gasteiger partial charge in [-0.1, -0.05) is 11.6 Å². The summed E-state index contributed by atoms with van der Waals surface area (Å²) in [4.78, 5) is 23.0. The standard InChI is InChI=1S/C20H22N4O3/c1-13-5-6-18-17(7-13)20(22-12-21-18)24(2)11-19(25)23-14-8-15(26-3)10-16(9-14)27-4/h5-10,12H,11H2,1-4H3,(H,23,25). The zero-order valence-electron chi connectivity index (χ0n) is 15.8. The van der Waals surface area contributed by atoms with E-state index in [1.165, 1.54) is 6.33 Å². The quantitative estimate of drug-likeness (QED) is 0.723. The van der Waals surface area contributed by atoms with E-state index in [4.69, 9.17) is 9.47 Å². The molecule has 0 aliphatic carbocycles. The smallest absolute Gasteiger partial charge is 0.243 e. The van der Waals surface area contributed by atoms with Gasteiger partial charge >= 0.3 is 0 Å². The number of benzene rings is 2. The monoisotopic (exact) mass is 366 g/mol. The molecule has 0 saturated carbocycles. The molecule has 140 valence electrons. The van der Waals surface area contributed by atoms with E-state index in [9.17, 15) is 4.79 Å². The van der Waals surface area contributed by atoms with Crippen LogP contribution in [0.3, 0.4) is 0 Å². The van der Waals surface area contributed by atoms with Gasteiger partial charge in [-0.15, -0.1) is 0 Å². The molecule has 1 heterocycles. The van der Waals surface area contributed by atoms with E-state index in [1.807, 2.05) is 32.2 Å². The van der Waals surface area contributed by atoms with Crippen molar-refractivity contribution in [3.05, 3.63) is 48.3 Å². The predicted octanol–water partition coefficient (Wildman–Crippen LogP) is 3.03. The van der Waals surface area contributed by atoms with E-state index >= 15 is 0 Å². The van der Waals surface area contributed by atoms with E-state index < -0.39 is 0 Å². The molecule has 0 aliphatic heterocycles. The molecule has 1 amide bonds. The van der Waals surface area contributed by atoms with Crippen LogP contribution in [0.5, 0.6) is 11.5 Å². The molecular weight excluding hydrogens is 344 g/mol. The lowest BCUT2D eigenvalue weighted by Crippen LogP contribution is -2.30. The Balaban J connectivity index is 1.78. The fraction of sp³-hybridized carbons (Fsp3) is 0.250. The molecule has 0 bridgehead atoms. The van der Waals surface area contributed by atoms with Crippen LogP contribution >= 0.6 is 0 Å². The van der Waals surface area contributed by atoms with Crippen LogP contribution in [0.1, 0.15) is 5.56 Å². The van der Waals surface area contributed by atoms with Crippen molar-refractivity contribution in [3.63, 3.8) is 0 Å². The second-order valence-corrected chi connectivity index (χ2v) is 6.22. The maximum atomic E-state index is 12.5. The van der Waals surface area contributed by atoms with Crippen LogP contribution in [-0.4, -0.2) is 43.7 Å². The van der Waals surface area contributed by atoms with Crippen LogP contribution in [-0.2, 0) is 4.79 Å². The van der Waals surface area contributed by atoms with Gasteiger partial charge in [0.2, 0.25) is 5.91 Å². The first-order valence-corrected chi connectivity index (χ1v) is 8.45. The van der Waals surface area contributed by atoms with Gasteiger partial charge in [-0.3, -0.25) is 4.79 Å². The number of amides is 1. The summed E-state index contributed by atoms with van der Waals surface area (Å²) in [5.74, 6) is 1.75. The molecule has 1 aromatic heterocycles. The first-order chi connectivity index (χ1) is 13.0. The summed E-state index contributed by atoms with van der Waals surface area (Å²) in [6.07, 6.45) is 1.51. The predicted molar refractivity (Wildman–Crippen MR) is 106 cm³/mol. The number of aryl methyl sites for hydroxylation is 1. The minimum absolute atomic E-state index is 0.138. The molecule has 0 spiro atoms. The van der Waals surface area contributed by atoms with E-state index in [-0.39, 0.29) is 12.5 Å². The van der Waals surface area contributed by atoms with Crippen molar-refractivity contribution in [3.8, 4) is 11.5 Å². The Kier molecular flexibility index (Phi) is 5.40. The first-order valence-electron chi connectivity index (χ1n) is 8.45. The minimum Gasteiger partial charge on any atom is -0.497 e. The number of anilines is 2. The third-order valence-electron chi connectivity index (χ3n) is 4.15. The number of rotatable bonds is 6. The van der Waals surface area contributed by atoms with Crippen LogP contribution in [0, 0.1) is 6.92 Å². The Labute approximate surface area is 157 Å². The Hall–Kier alpha value is -3.35. The van der Waals surface area contributed by atoms with Crippen molar-refractivity contribution in [1.29, 1.82) is 0 Å². The average molecular weight is 366 g/mol. The van der Waals surface area contributed by atoms with Gasteiger partial charge in [0, 0.05) is 36.3 Å². The summed E-state index contributed by atoms with van der Waals surface area (Å²) in [5.41, 5.74) is 2.56. The maximum absolute atomic E-state index is 12.5. The van der Waals surface area contributed by atoms with Gasteiger partial charge in [-0.2, -0.15) is 0 Å². The van der Waals surface area contributed by atoms with Crippen LogP contribution in [0.4, 0.5) is 11.5 Å². The molecule has 3 rings (SSSR count). The lowest BCUT2D eigenvalue weighted by molar-refractivity contribution is -0.114. The Morgan fingerprint density at radius 1 is 1.07 bits per heavy atom. The van der Waals surface area contributed by atoms with Crippen LogP contribution in [0.2, 0.25) is 0 Å². The number of aromatic nitrogens is 2. The summed E-state index contributed by atoms with van der Waals surface area (Å²) >= 11 is 0. The number of likely N-dealkylation sites (N-methyl/N-ethyl adjacent to an activating group) is 1. The molecule has 0 saturated heterocycles. The number of nitrogens with zero attached hydrogens (tertiary/aromatic N) is 3. The summed E-state index contributed by atoms with van der Waals surface area (Å²) in [6, 6.07) is 11.2. The molecule has 0 atom stereocenters. The van der Waals surface area contributed by atoms with Gasteiger partial charge in [0.05, 0.1) is 26.3 Å². The van der Waals surface area contributed by atoms with Gasteiger partial charge in [-0.05, 0) is 19.1 Å². The number of carbonyl (C=O) groups is 1. The third kappa shape index (κ3) is 4.25. The zero-order valence-corrected chi connectivity index (χ0v) is 15.8. The number of hydrogen-bond acceptors (Lipinski definition) is 6. The maximum Gasteiger partial charge on any atom is 0.243 e. The van der Waals surface area contributed by atoms with Crippen LogP contribution < -0.4 is 19.7 Å². The molecule has 7 nitrogen and oxygen atoms in total. The normalized spacial score (nSPS) is 10.5. The van der Waals surface area contributed by atoms with Gasteiger partial charge < -0.3 is 19.7 Å². The van der Waals surface area contributed by atoms with E-state index in [2.05, 4.69) is 15.3 Å². The number of fused-ring (bicyclic) bond motifs is 1. The van der Waals surface area contributed by atoms with Crippen molar-refractivity contribution in [2.75, 3.05) is 38.0 Å². The average Bonchev–Trinajstić information content (AvgIpc) is 2.66. The summed E-state index contributed by atoms with van der Waals surface area (Å²) in [6.45, 7) is 2.15. The highest BCUT2D eigenvalue weighted by molar-refractivity contribution is 5.96. The molecule has 0 unspecified atom stereocenters. The van der Waals surface area contributed by atoms with Crippen molar-refractivity contribution >= 4 is 28.3 Å². The molecule has 2 aromatic carbocycles. The number of methoxy groups -OCH3 is 2. The largest absolute Gasteiger partial charge is 0.497 e. The molecule has 0 fully saturated rings. The van der Waals surface area contributed by atoms with Crippen LogP contribution in [0.25, 0.3) is 10.9 Å². The molecule has 0 aliphatic rings. The van der Waals surface area contributed by atoms with Gasteiger partial charge in [0.15, 0.2) is 0 Å². The van der Waals surface area contributed by atoms with Crippen molar-refractivity contribution in [1.82, 2.24) is 9.97 Å². The van der Waals surface area contributed by atoms with E-state index in [1.54, 1.807) is 37.3 Å². The second-order valence-electron chi connectivity index (χ2n) is 6.22. The van der Waals surface area contributed by atoms with E-state index in [0.29, 0.717) is 23.0 Å². The first kappa shape index (κ1) is 18.4. The second kappa shape index (κ2) is 7.90. The molecule has 3 aromatic rings. The van der Waals surface area contributed by atoms with Crippen molar-refractivity contribution < 1.29 is 14.3 Å². The highest BCUT2D eigenvalue weighted by atomic mass is 16.5.